The van der Waals surface area contributed by atoms with E-state index < -0.39 is 11.1 Å². The highest BCUT2D eigenvalue weighted by Crippen LogP contribution is 2.29. The van der Waals surface area contributed by atoms with E-state index in [2.05, 4.69) is 29.4 Å². The van der Waals surface area contributed by atoms with Crippen LogP contribution in [0.3, 0.4) is 0 Å². The minimum Gasteiger partial charge on any atom is -0.411 e. The van der Waals surface area contributed by atoms with Crippen molar-refractivity contribution in [3.05, 3.63) is 59.9 Å². The number of para-hydroxylation sites is 1. The highest BCUT2D eigenvalue weighted by atomic mass is 32.2. The third-order valence-electron chi connectivity index (χ3n) is 4.00. The van der Waals surface area contributed by atoms with Crippen molar-refractivity contribution in [2.45, 2.75) is 37.2 Å². The Labute approximate surface area is 161 Å². The third-order valence-corrected chi connectivity index (χ3v) is 4.93. The van der Waals surface area contributed by atoms with Crippen molar-refractivity contribution < 1.29 is 13.6 Å². The molecule has 7 heteroatoms. The Kier molecular flexibility index (Phi) is 5.91. The highest BCUT2D eigenvalue weighted by Gasteiger charge is 2.20. The molecule has 1 aromatic heterocycles. The van der Waals surface area contributed by atoms with Crippen molar-refractivity contribution in [1.82, 2.24) is 10.2 Å². The van der Waals surface area contributed by atoms with Crippen LogP contribution in [0.2, 0.25) is 0 Å². The van der Waals surface area contributed by atoms with E-state index in [1.54, 1.807) is 25.1 Å². The van der Waals surface area contributed by atoms with Crippen LogP contribution in [0.25, 0.3) is 11.5 Å². The predicted molar refractivity (Wildman–Crippen MR) is 104 cm³/mol. The van der Waals surface area contributed by atoms with Gasteiger partial charge in [-0.2, -0.15) is 0 Å². The first-order valence-corrected chi connectivity index (χ1v) is 9.48. The molecule has 0 bridgehead atoms. The summed E-state index contributed by atoms with van der Waals surface area (Å²) >= 11 is 1.13. The Morgan fingerprint density at radius 2 is 1.78 bits per heavy atom. The van der Waals surface area contributed by atoms with Gasteiger partial charge in [-0.25, -0.2) is 4.39 Å². The number of benzene rings is 2. The van der Waals surface area contributed by atoms with Crippen LogP contribution in [0.15, 0.2) is 58.2 Å². The van der Waals surface area contributed by atoms with E-state index in [-0.39, 0.29) is 22.6 Å². The monoisotopic (exact) mass is 385 g/mol. The average Bonchev–Trinajstić information content (AvgIpc) is 3.10. The standard InChI is InChI=1S/C20H20FN3O2S/c1-12(2)14-8-5-7-11-17(14)22-18(25)13(3)27-20-24-23-19(26-20)15-9-4-6-10-16(15)21/h4-13H,1-3H3,(H,22,25)/t13-/m1/s1. The molecule has 0 spiro atoms. The van der Waals surface area contributed by atoms with Gasteiger partial charge in [-0.1, -0.05) is 55.9 Å². The van der Waals surface area contributed by atoms with Crippen LogP contribution in [0.1, 0.15) is 32.3 Å². The van der Waals surface area contributed by atoms with Gasteiger partial charge in [0.05, 0.1) is 10.8 Å². The zero-order valence-corrected chi connectivity index (χ0v) is 16.1. The lowest BCUT2D eigenvalue weighted by Crippen LogP contribution is -2.23. The Balaban J connectivity index is 1.68. The topological polar surface area (TPSA) is 68.0 Å². The van der Waals surface area contributed by atoms with E-state index in [9.17, 15) is 9.18 Å². The molecule has 5 nitrogen and oxygen atoms in total. The molecule has 140 valence electrons. The first-order valence-electron chi connectivity index (χ1n) is 8.60. The van der Waals surface area contributed by atoms with Crippen LogP contribution in [0, 0.1) is 5.82 Å². The van der Waals surface area contributed by atoms with Gasteiger partial charge in [0, 0.05) is 5.69 Å². The second kappa shape index (κ2) is 8.35. The quantitative estimate of drug-likeness (QED) is 0.597. The van der Waals surface area contributed by atoms with Crippen molar-refractivity contribution in [2.75, 3.05) is 5.32 Å². The third kappa shape index (κ3) is 4.54. The molecule has 0 unspecified atom stereocenters. The van der Waals surface area contributed by atoms with E-state index in [1.165, 1.54) is 6.07 Å². The zero-order chi connectivity index (χ0) is 19.4. The number of rotatable bonds is 6. The van der Waals surface area contributed by atoms with Crippen molar-refractivity contribution >= 4 is 23.4 Å². The predicted octanol–water partition coefficient (Wildman–Crippen LogP) is 5.12. The Bertz CT molecular complexity index is 942. The van der Waals surface area contributed by atoms with E-state index in [1.807, 2.05) is 24.3 Å². The van der Waals surface area contributed by atoms with Crippen LogP contribution in [-0.4, -0.2) is 21.4 Å². The van der Waals surface area contributed by atoms with E-state index >= 15 is 0 Å². The molecule has 0 aliphatic carbocycles. The fraction of sp³-hybridized carbons (Fsp3) is 0.250. The van der Waals surface area contributed by atoms with Crippen molar-refractivity contribution in [3.8, 4) is 11.5 Å². The maximum Gasteiger partial charge on any atom is 0.277 e. The van der Waals surface area contributed by atoms with Gasteiger partial charge in [0.1, 0.15) is 5.82 Å². The summed E-state index contributed by atoms with van der Waals surface area (Å²) in [6, 6.07) is 13.9. The molecule has 0 saturated carbocycles. The summed E-state index contributed by atoms with van der Waals surface area (Å²) in [4.78, 5) is 12.5. The van der Waals surface area contributed by atoms with Gasteiger partial charge in [-0.3, -0.25) is 4.79 Å². The molecule has 2 aromatic carbocycles. The number of carbonyl (C=O) groups excluding carboxylic acids is 1. The lowest BCUT2D eigenvalue weighted by atomic mass is 10.0. The number of nitrogens with one attached hydrogen (secondary N) is 1. The van der Waals surface area contributed by atoms with Gasteiger partial charge in [0.25, 0.3) is 11.1 Å². The van der Waals surface area contributed by atoms with Crippen LogP contribution in [0.4, 0.5) is 10.1 Å². The Hall–Kier alpha value is -2.67. The number of amides is 1. The molecule has 0 aliphatic rings. The number of halogens is 1. The number of carbonyl (C=O) groups is 1. The molecule has 0 aliphatic heterocycles. The van der Waals surface area contributed by atoms with Gasteiger partial charge >= 0.3 is 0 Å². The first-order chi connectivity index (χ1) is 13.0. The normalized spacial score (nSPS) is 12.2. The van der Waals surface area contributed by atoms with Gasteiger partial charge in [-0.05, 0) is 36.6 Å². The minimum atomic E-state index is -0.459. The van der Waals surface area contributed by atoms with Crippen molar-refractivity contribution in [1.29, 1.82) is 0 Å². The van der Waals surface area contributed by atoms with E-state index in [4.69, 9.17) is 4.42 Å². The van der Waals surface area contributed by atoms with Crippen LogP contribution >= 0.6 is 11.8 Å². The molecule has 1 N–H and O–H groups in total. The second-order valence-electron chi connectivity index (χ2n) is 6.34. The number of aromatic nitrogens is 2. The summed E-state index contributed by atoms with van der Waals surface area (Å²) in [5, 5.41) is 10.5. The number of nitrogens with zero attached hydrogens (tertiary/aromatic N) is 2. The fourth-order valence-corrected chi connectivity index (χ4v) is 3.24. The minimum absolute atomic E-state index is 0.0911. The number of anilines is 1. The lowest BCUT2D eigenvalue weighted by molar-refractivity contribution is -0.115. The molecule has 27 heavy (non-hydrogen) atoms. The van der Waals surface area contributed by atoms with E-state index in [0.29, 0.717) is 5.92 Å². The molecular weight excluding hydrogens is 365 g/mol. The van der Waals surface area contributed by atoms with Gasteiger partial charge in [0.15, 0.2) is 0 Å². The van der Waals surface area contributed by atoms with E-state index in [0.717, 1.165) is 23.0 Å². The van der Waals surface area contributed by atoms with Crippen LogP contribution in [-0.2, 0) is 4.79 Å². The van der Waals surface area contributed by atoms with Gasteiger partial charge < -0.3 is 9.73 Å². The Morgan fingerprint density at radius 3 is 2.52 bits per heavy atom. The maximum absolute atomic E-state index is 13.8. The largest absolute Gasteiger partial charge is 0.411 e. The summed E-state index contributed by atoms with van der Waals surface area (Å²) in [5.74, 6) is -0.218. The van der Waals surface area contributed by atoms with Gasteiger partial charge in [-0.15, -0.1) is 10.2 Å². The number of thioether (sulfide) groups is 1. The molecule has 0 fully saturated rings. The average molecular weight is 385 g/mol. The smallest absolute Gasteiger partial charge is 0.277 e. The van der Waals surface area contributed by atoms with Gasteiger partial charge in [0.2, 0.25) is 5.91 Å². The summed E-state index contributed by atoms with van der Waals surface area (Å²) in [6.07, 6.45) is 0. The maximum atomic E-state index is 13.8. The SMILES string of the molecule is CC(C)c1ccccc1NC(=O)[C@@H](C)Sc1nnc(-c2ccccc2F)o1. The van der Waals surface area contributed by atoms with Crippen molar-refractivity contribution in [2.24, 2.45) is 0 Å². The number of hydrogen-bond acceptors (Lipinski definition) is 5. The molecule has 0 saturated heterocycles. The Morgan fingerprint density at radius 1 is 1.07 bits per heavy atom. The summed E-state index contributed by atoms with van der Waals surface area (Å²) < 4.78 is 19.3. The molecule has 1 amide bonds. The molecule has 3 aromatic rings. The molecule has 0 radical (unpaired) electrons. The van der Waals surface area contributed by atoms with Crippen LogP contribution < -0.4 is 5.32 Å². The zero-order valence-electron chi connectivity index (χ0n) is 15.3. The summed E-state index contributed by atoms with van der Waals surface area (Å²) in [5.41, 5.74) is 2.10. The molecule has 3 rings (SSSR count). The van der Waals surface area contributed by atoms with Crippen LogP contribution in [0.5, 0.6) is 0 Å². The molecular formula is C20H20FN3O2S. The summed E-state index contributed by atoms with van der Waals surface area (Å²) in [6.45, 7) is 5.91. The first kappa shape index (κ1) is 19.1. The molecule has 1 heterocycles. The second-order valence-corrected chi connectivity index (χ2v) is 7.64. The highest BCUT2D eigenvalue weighted by molar-refractivity contribution is 8.00. The number of hydrogen-bond donors (Lipinski definition) is 1. The fourth-order valence-electron chi connectivity index (χ4n) is 2.55. The summed E-state index contributed by atoms with van der Waals surface area (Å²) in [7, 11) is 0. The van der Waals surface area contributed by atoms with Crippen molar-refractivity contribution in [3.63, 3.8) is 0 Å². The lowest BCUT2D eigenvalue weighted by Gasteiger charge is -2.15. The molecule has 1 atom stereocenters.